The number of benzene rings is 1. The Bertz CT molecular complexity index is 539. The first-order chi connectivity index (χ1) is 10.5. The van der Waals surface area contributed by atoms with Crippen LogP contribution in [0.25, 0.3) is 0 Å². The molecule has 120 valence electrons. The molecular formula is C17H24N2O2S. The Hall–Kier alpha value is -1.62. The highest BCUT2D eigenvalue weighted by Gasteiger charge is 2.27. The van der Waals surface area contributed by atoms with E-state index in [1.165, 1.54) is 19.3 Å². The molecular weight excluding hydrogens is 296 g/mol. The van der Waals surface area contributed by atoms with Gasteiger partial charge in [0.25, 0.3) is 0 Å². The lowest BCUT2D eigenvalue weighted by Gasteiger charge is -2.35. The summed E-state index contributed by atoms with van der Waals surface area (Å²) in [5, 5.41) is 7.19. The maximum absolute atomic E-state index is 11.8. The van der Waals surface area contributed by atoms with Gasteiger partial charge in [-0.2, -0.15) is 0 Å². The van der Waals surface area contributed by atoms with E-state index in [4.69, 9.17) is 17.0 Å². The highest BCUT2D eigenvalue weighted by Crippen LogP contribution is 2.27. The summed E-state index contributed by atoms with van der Waals surface area (Å²) in [6, 6.07) is 7.21. The van der Waals surface area contributed by atoms with Crippen LogP contribution in [0.3, 0.4) is 0 Å². The molecule has 0 radical (unpaired) electrons. The first kappa shape index (κ1) is 16.7. The van der Waals surface area contributed by atoms with E-state index in [9.17, 15) is 4.79 Å². The molecule has 1 aliphatic rings. The zero-order valence-electron chi connectivity index (χ0n) is 13.3. The van der Waals surface area contributed by atoms with Gasteiger partial charge in [-0.05, 0) is 57.1 Å². The van der Waals surface area contributed by atoms with E-state index in [1.54, 1.807) is 19.1 Å². The van der Waals surface area contributed by atoms with Crippen LogP contribution in [0, 0.1) is 0 Å². The Morgan fingerprint density at radius 3 is 2.73 bits per heavy atom. The number of nitrogens with one attached hydrogen (secondary N) is 2. The van der Waals surface area contributed by atoms with Crippen LogP contribution >= 0.6 is 12.2 Å². The highest BCUT2D eigenvalue weighted by molar-refractivity contribution is 7.80. The van der Waals surface area contributed by atoms with Crippen LogP contribution in [0.4, 0.5) is 5.69 Å². The number of rotatable bonds is 4. The number of hydrogen-bond acceptors (Lipinski definition) is 3. The zero-order chi connectivity index (χ0) is 16.0. The molecule has 0 bridgehead atoms. The molecule has 1 fully saturated rings. The number of thiocarbonyl (C=S) groups is 1. The third-order valence-corrected chi connectivity index (χ3v) is 4.21. The molecule has 1 saturated carbocycles. The van der Waals surface area contributed by atoms with Gasteiger partial charge in [0.05, 0.1) is 12.2 Å². The van der Waals surface area contributed by atoms with Crippen LogP contribution in [-0.4, -0.2) is 23.2 Å². The first-order valence-electron chi connectivity index (χ1n) is 7.89. The summed E-state index contributed by atoms with van der Waals surface area (Å²) < 4.78 is 5.01. The van der Waals surface area contributed by atoms with Gasteiger partial charge < -0.3 is 15.4 Å². The van der Waals surface area contributed by atoms with Crippen LogP contribution in [0.5, 0.6) is 0 Å². The molecule has 1 aromatic carbocycles. The second kappa shape index (κ2) is 7.58. The van der Waals surface area contributed by atoms with E-state index in [0.717, 1.165) is 18.5 Å². The van der Waals surface area contributed by atoms with E-state index in [0.29, 0.717) is 17.3 Å². The third kappa shape index (κ3) is 4.70. The van der Waals surface area contributed by atoms with E-state index < -0.39 is 0 Å². The van der Waals surface area contributed by atoms with Crippen molar-refractivity contribution >= 4 is 29.0 Å². The Morgan fingerprint density at radius 1 is 1.32 bits per heavy atom. The van der Waals surface area contributed by atoms with Crippen molar-refractivity contribution in [3.63, 3.8) is 0 Å². The topological polar surface area (TPSA) is 50.4 Å². The minimum Gasteiger partial charge on any atom is -0.462 e. The highest BCUT2D eigenvalue weighted by atomic mass is 32.1. The van der Waals surface area contributed by atoms with Crippen LogP contribution in [-0.2, 0) is 4.74 Å². The Balaban J connectivity index is 1.96. The summed E-state index contributed by atoms with van der Waals surface area (Å²) in [7, 11) is 0. The predicted molar refractivity (Wildman–Crippen MR) is 93.2 cm³/mol. The Labute approximate surface area is 137 Å². The van der Waals surface area contributed by atoms with Crippen molar-refractivity contribution in [2.45, 2.75) is 51.5 Å². The summed E-state index contributed by atoms with van der Waals surface area (Å²) in [4.78, 5) is 11.8. The molecule has 1 aliphatic carbocycles. The fourth-order valence-electron chi connectivity index (χ4n) is 2.83. The molecule has 0 atom stereocenters. The molecule has 0 saturated heterocycles. The minimum absolute atomic E-state index is 0.0705. The predicted octanol–water partition coefficient (Wildman–Crippen LogP) is 3.87. The van der Waals surface area contributed by atoms with Crippen molar-refractivity contribution in [3.8, 4) is 0 Å². The molecule has 1 aromatic rings. The normalized spacial score (nSPS) is 16.6. The molecule has 2 N–H and O–H groups in total. The molecule has 0 heterocycles. The summed E-state index contributed by atoms with van der Waals surface area (Å²) in [5.41, 5.74) is 1.39. The molecule has 0 unspecified atom stereocenters. The SMILES string of the molecule is CCOC(=O)c1cccc(NC(=S)NC2(C)CCCCC2)c1. The van der Waals surface area contributed by atoms with Gasteiger partial charge in [-0.3, -0.25) is 0 Å². The number of ether oxygens (including phenoxy) is 1. The summed E-state index contributed by atoms with van der Waals surface area (Å²) in [6.07, 6.45) is 6.06. The molecule has 5 heteroatoms. The molecule has 0 spiro atoms. The van der Waals surface area contributed by atoms with Crippen molar-refractivity contribution < 1.29 is 9.53 Å². The number of carbonyl (C=O) groups is 1. The van der Waals surface area contributed by atoms with Gasteiger partial charge in [0.1, 0.15) is 0 Å². The average Bonchev–Trinajstić information content (AvgIpc) is 2.47. The van der Waals surface area contributed by atoms with Crippen molar-refractivity contribution in [2.75, 3.05) is 11.9 Å². The van der Waals surface area contributed by atoms with Crippen molar-refractivity contribution in [1.82, 2.24) is 5.32 Å². The largest absolute Gasteiger partial charge is 0.462 e. The van der Waals surface area contributed by atoms with E-state index >= 15 is 0 Å². The summed E-state index contributed by atoms with van der Waals surface area (Å²) in [5.74, 6) is -0.315. The van der Waals surface area contributed by atoms with Gasteiger partial charge >= 0.3 is 5.97 Å². The smallest absolute Gasteiger partial charge is 0.338 e. The van der Waals surface area contributed by atoms with Crippen LogP contribution < -0.4 is 10.6 Å². The lowest BCUT2D eigenvalue weighted by Crippen LogP contribution is -2.48. The zero-order valence-corrected chi connectivity index (χ0v) is 14.1. The second-order valence-electron chi connectivity index (χ2n) is 6.00. The molecule has 4 nitrogen and oxygen atoms in total. The first-order valence-corrected chi connectivity index (χ1v) is 8.29. The van der Waals surface area contributed by atoms with Gasteiger partial charge in [-0.1, -0.05) is 25.3 Å². The third-order valence-electron chi connectivity index (χ3n) is 4.00. The standard InChI is InChI=1S/C17H24N2O2S/c1-3-21-15(20)13-8-7-9-14(12-13)18-16(22)19-17(2)10-5-4-6-11-17/h7-9,12H,3-6,10-11H2,1-2H3,(H2,18,19,22). The van der Waals surface area contributed by atoms with Crippen LogP contribution in [0.15, 0.2) is 24.3 Å². The molecule has 22 heavy (non-hydrogen) atoms. The molecule has 0 aliphatic heterocycles. The van der Waals surface area contributed by atoms with Crippen molar-refractivity contribution in [3.05, 3.63) is 29.8 Å². The number of esters is 1. The average molecular weight is 320 g/mol. The van der Waals surface area contributed by atoms with Gasteiger partial charge in [-0.25, -0.2) is 4.79 Å². The van der Waals surface area contributed by atoms with Gasteiger partial charge in [0.2, 0.25) is 0 Å². The lowest BCUT2D eigenvalue weighted by atomic mass is 9.83. The number of anilines is 1. The number of hydrogen-bond donors (Lipinski definition) is 2. The summed E-state index contributed by atoms with van der Waals surface area (Å²) >= 11 is 5.41. The molecule has 2 rings (SSSR count). The molecule has 0 amide bonds. The summed E-state index contributed by atoms with van der Waals surface area (Å²) in [6.45, 7) is 4.38. The minimum atomic E-state index is -0.315. The fraction of sp³-hybridized carbons (Fsp3) is 0.529. The van der Waals surface area contributed by atoms with Gasteiger partial charge in [0, 0.05) is 11.2 Å². The lowest BCUT2D eigenvalue weighted by molar-refractivity contribution is 0.0526. The maximum Gasteiger partial charge on any atom is 0.338 e. The van der Waals surface area contributed by atoms with Crippen molar-refractivity contribution in [1.29, 1.82) is 0 Å². The van der Waals surface area contributed by atoms with Crippen molar-refractivity contribution in [2.24, 2.45) is 0 Å². The van der Waals surface area contributed by atoms with Gasteiger partial charge in [-0.15, -0.1) is 0 Å². The van der Waals surface area contributed by atoms with Crippen LogP contribution in [0.1, 0.15) is 56.3 Å². The second-order valence-corrected chi connectivity index (χ2v) is 6.41. The Morgan fingerprint density at radius 2 is 2.05 bits per heavy atom. The van der Waals surface area contributed by atoms with Crippen LogP contribution in [0.2, 0.25) is 0 Å². The van der Waals surface area contributed by atoms with Gasteiger partial charge in [0.15, 0.2) is 5.11 Å². The number of carbonyl (C=O) groups excluding carboxylic acids is 1. The quantitative estimate of drug-likeness (QED) is 0.651. The Kier molecular flexibility index (Phi) is 5.77. The van der Waals surface area contributed by atoms with E-state index in [1.807, 2.05) is 12.1 Å². The monoisotopic (exact) mass is 320 g/mol. The van der Waals surface area contributed by atoms with E-state index in [-0.39, 0.29) is 11.5 Å². The fourth-order valence-corrected chi connectivity index (χ4v) is 3.20. The van der Waals surface area contributed by atoms with E-state index in [2.05, 4.69) is 17.6 Å². The molecule has 0 aromatic heterocycles. The maximum atomic E-state index is 11.8.